The molecule has 10 heteroatoms. The van der Waals surface area contributed by atoms with Crippen LogP contribution in [-0.2, 0) is 17.9 Å². The van der Waals surface area contributed by atoms with Crippen molar-refractivity contribution < 1.29 is 22.7 Å². The van der Waals surface area contributed by atoms with Crippen LogP contribution in [-0.4, -0.2) is 46.4 Å². The van der Waals surface area contributed by atoms with Crippen LogP contribution in [0.5, 0.6) is 5.75 Å². The van der Waals surface area contributed by atoms with Gasteiger partial charge in [-0.25, -0.2) is 9.83 Å². The molecule has 1 amide bonds. The Morgan fingerprint density at radius 1 is 1.09 bits per heavy atom. The maximum absolute atomic E-state index is 12.7. The molecule has 4 rings (SSSR count). The number of benzene rings is 2. The third-order valence-electron chi connectivity index (χ3n) is 5.27. The number of rotatable bonds is 6. The maximum Gasteiger partial charge on any atom is 0.573 e. The molecule has 0 bridgehead atoms. The van der Waals surface area contributed by atoms with Crippen LogP contribution in [0.15, 0.2) is 61.1 Å². The number of alkyl halides is 3. The minimum absolute atomic E-state index is 0.134. The van der Waals surface area contributed by atoms with Gasteiger partial charge in [0.2, 0.25) is 5.91 Å². The van der Waals surface area contributed by atoms with Crippen LogP contribution in [0.3, 0.4) is 0 Å². The van der Waals surface area contributed by atoms with Gasteiger partial charge in [-0.05, 0) is 17.7 Å². The van der Waals surface area contributed by atoms with Gasteiger partial charge in [-0.3, -0.25) is 9.69 Å². The topological polar surface area (TPSA) is 55.0 Å². The Morgan fingerprint density at radius 2 is 1.88 bits per heavy atom. The standard InChI is InChI=1S/C23H20F3N5O2/c1-27-18-7-5-17(6-8-18)13-30-16-28-12-20(30)14-29-9-10-31(22(32)15-29)19-3-2-4-21(11-19)33-23(24,25)26/h2-8,11-12,16H,9-10,13-15H2. The molecule has 0 spiro atoms. The first-order valence-electron chi connectivity index (χ1n) is 10.1. The Kier molecular flexibility index (Phi) is 6.33. The fraction of sp³-hybridized carbons (Fsp3) is 0.261. The summed E-state index contributed by atoms with van der Waals surface area (Å²) in [5.41, 5.74) is 2.92. The number of halogens is 3. The van der Waals surface area contributed by atoms with E-state index >= 15 is 0 Å². The number of piperazine rings is 1. The monoisotopic (exact) mass is 455 g/mol. The number of hydrogen-bond donors (Lipinski definition) is 0. The molecule has 1 saturated heterocycles. The van der Waals surface area contributed by atoms with Gasteiger partial charge in [0, 0.05) is 44.1 Å². The molecule has 0 aliphatic carbocycles. The highest BCUT2D eigenvalue weighted by atomic mass is 19.4. The number of anilines is 1. The zero-order valence-corrected chi connectivity index (χ0v) is 17.5. The van der Waals surface area contributed by atoms with Crippen LogP contribution in [0.2, 0.25) is 0 Å². The normalized spacial score (nSPS) is 14.8. The van der Waals surface area contributed by atoms with Gasteiger partial charge in [-0.15, -0.1) is 13.2 Å². The number of ether oxygens (including phenoxy) is 1. The number of nitrogens with zero attached hydrogens (tertiary/aromatic N) is 5. The highest BCUT2D eigenvalue weighted by molar-refractivity contribution is 5.95. The van der Waals surface area contributed by atoms with Crippen molar-refractivity contribution in [2.45, 2.75) is 19.5 Å². The lowest BCUT2D eigenvalue weighted by atomic mass is 10.2. The molecule has 0 N–H and O–H groups in total. The van der Waals surface area contributed by atoms with Crippen molar-refractivity contribution in [3.8, 4) is 5.75 Å². The number of imidazole rings is 1. The first-order valence-corrected chi connectivity index (χ1v) is 10.1. The quantitative estimate of drug-likeness (QED) is 0.522. The maximum atomic E-state index is 12.7. The summed E-state index contributed by atoms with van der Waals surface area (Å²) in [7, 11) is 0. The lowest BCUT2D eigenvalue weighted by Gasteiger charge is -2.34. The number of carbonyl (C=O) groups is 1. The Labute approximate surface area is 188 Å². The Hall–Kier alpha value is -3.84. The summed E-state index contributed by atoms with van der Waals surface area (Å²) in [6.45, 7) is 9.18. The summed E-state index contributed by atoms with van der Waals surface area (Å²) in [6.07, 6.45) is -1.31. The first-order chi connectivity index (χ1) is 15.8. The lowest BCUT2D eigenvalue weighted by Crippen LogP contribution is -2.50. The summed E-state index contributed by atoms with van der Waals surface area (Å²) in [5.74, 6) is -0.560. The summed E-state index contributed by atoms with van der Waals surface area (Å²) in [4.78, 5) is 23.8. The van der Waals surface area contributed by atoms with Crippen molar-refractivity contribution in [2.75, 3.05) is 24.5 Å². The summed E-state index contributed by atoms with van der Waals surface area (Å²) in [6, 6.07) is 12.8. The van der Waals surface area contributed by atoms with Gasteiger partial charge in [0.05, 0.1) is 25.1 Å². The van der Waals surface area contributed by atoms with E-state index in [2.05, 4.69) is 14.6 Å². The minimum atomic E-state index is -4.79. The molecule has 2 heterocycles. The van der Waals surface area contributed by atoms with Gasteiger partial charge in [-0.2, -0.15) is 0 Å². The van der Waals surface area contributed by atoms with Crippen LogP contribution < -0.4 is 9.64 Å². The van der Waals surface area contributed by atoms with E-state index in [0.29, 0.717) is 37.6 Å². The van der Waals surface area contributed by atoms with Crippen molar-refractivity contribution >= 4 is 17.3 Å². The third kappa shape index (κ3) is 5.70. The van der Waals surface area contributed by atoms with Crippen LogP contribution in [0.4, 0.5) is 24.5 Å². The Bertz CT molecular complexity index is 1170. The zero-order valence-electron chi connectivity index (χ0n) is 17.5. The van der Waals surface area contributed by atoms with E-state index in [1.165, 1.54) is 23.1 Å². The molecule has 1 aliphatic heterocycles. The average molecular weight is 455 g/mol. The molecule has 1 aliphatic rings. The Morgan fingerprint density at radius 3 is 2.58 bits per heavy atom. The molecule has 170 valence electrons. The zero-order chi connectivity index (χ0) is 23.4. The summed E-state index contributed by atoms with van der Waals surface area (Å²) < 4.78 is 43.4. The molecule has 0 saturated carbocycles. The second-order valence-corrected chi connectivity index (χ2v) is 7.59. The van der Waals surface area contributed by atoms with Crippen molar-refractivity contribution in [2.24, 2.45) is 0 Å². The largest absolute Gasteiger partial charge is 0.573 e. The molecular formula is C23H20F3N5O2. The number of aromatic nitrogens is 2. The molecule has 0 unspecified atom stereocenters. The second-order valence-electron chi connectivity index (χ2n) is 7.59. The molecule has 0 radical (unpaired) electrons. The van der Waals surface area contributed by atoms with Crippen molar-refractivity contribution in [1.82, 2.24) is 14.5 Å². The molecular weight excluding hydrogens is 435 g/mol. The Balaban J connectivity index is 1.38. The SMILES string of the molecule is [C-]#[N+]c1ccc(Cn2cncc2CN2CCN(c3cccc(OC(F)(F)F)c3)C(=O)C2)cc1. The van der Waals surface area contributed by atoms with Gasteiger partial charge >= 0.3 is 6.36 Å². The molecule has 1 fully saturated rings. The third-order valence-corrected chi connectivity index (χ3v) is 5.27. The number of carbonyl (C=O) groups excluding carboxylic acids is 1. The molecule has 7 nitrogen and oxygen atoms in total. The van der Waals surface area contributed by atoms with Crippen molar-refractivity contribution in [3.05, 3.63) is 83.7 Å². The van der Waals surface area contributed by atoms with E-state index in [0.717, 1.165) is 11.3 Å². The predicted molar refractivity (Wildman–Crippen MR) is 115 cm³/mol. The van der Waals surface area contributed by atoms with E-state index in [1.807, 2.05) is 21.6 Å². The lowest BCUT2D eigenvalue weighted by molar-refractivity contribution is -0.274. The van der Waals surface area contributed by atoms with Crippen molar-refractivity contribution in [1.29, 1.82) is 0 Å². The van der Waals surface area contributed by atoms with Crippen LogP contribution in [0.1, 0.15) is 11.3 Å². The van der Waals surface area contributed by atoms with Gasteiger partial charge < -0.3 is 14.2 Å². The van der Waals surface area contributed by atoms with E-state index in [1.54, 1.807) is 30.7 Å². The molecule has 3 aromatic rings. The van der Waals surface area contributed by atoms with Gasteiger partial charge in [-0.1, -0.05) is 30.3 Å². The molecule has 1 aromatic heterocycles. The minimum Gasteiger partial charge on any atom is -0.406 e. The molecule has 2 aromatic carbocycles. The fourth-order valence-corrected chi connectivity index (χ4v) is 3.70. The summed E-state index contributed by atoms with van der Waals surface area (Å²) in [5, 5.41) is 0. The van der Waals surface area contributed by atoms with Crippen LogP contribution in [0.25, 0.3) is 4.85 Å². The molecule has 33 heavy (non-hydrogen) atoms. The van der Waals surface area contributed by atoms with Gasteiger partial charge in [0.15, 0.2) is 5.69 Å². The highest BCUT2D eigenvalue weighted by Gasteiger charge is 2.32. The second kappa shape index (κ2) is 9.34. The van der Waals surface area contributed by atoms with Crippen LogP contribution in [0, 0.1) is 6.57 Å². The van der Waals surface area contributed by atoms with E-state index in [9.17, 15) is 18.0 Å². The van der Waals surface area contributed by atoms with E-state index in [4.69, 9.17) is 6.57 Å². The average Bonchev–Trinajstić information content (AvgIpc) is 3.20. The van der Waals surface area contributed by atoms with Gasteiger partial charge in [0.1, 0.15) is 5.75 Å². The first kappa shape index (κ1) is 22.4. The predicted octanol–water partition coefficient (Wildman–Crippen LogP) is 4.23. The number of hydrogen-bond acceptors (Lipinski definition) is 4. The van der Waals surface area contributed by atoms with Crippen molar-refractivity contribution in [3.63, 3.8) is 0 Å². The smallest absolute Gasteiger partial charge is 0.406 e. The highest BCUT2D eigenvalue weighted by Crippen LogP contribution is 2.28. The van der Waals surface area contributed by atoms with Gasteiger partial charge in [0.25, 0.3) is 0 Å². The van der Waals surface area contributed by atoms with Crippen LogP contribution >= 0.6 is 0 Å². The summed E-state index contributed by atoms with van der Waals surface area (Å²) >= 11 is 0. The van der Waals surface area contributed by atoms with E-state index in [-0.39, 0.29) is 18.2 Å². The number of amides is 1. The molecule has 0 atom stereocenters. The fourth-order valence-electron chi connectivity index (χ4n) is 3.70. The van der Waals surface area contributed by atoms with E-state index < -0.39 is 6.36 Å².